The third-order valence-corrected chi connectivity index (χ3v) is 1.67. The lowest BCUT2D eigenvalue weighted by molar-refractivity contribution is -0.117. The Morgan fingerprint density at radius 1 is 1.54 bits per heavy atom. The molecule has 0 aliphatic heterocycles. The second-order valence-corrected chi connectivity index (χ2v) is 2.84. The number of unbranched alkanes of at least 4 members (excludes halogenated alkanes) is 2. The zero-order valence-corrected chi connectivity index (χ0v) is 7.73. The maximum atomic E-state index is 11.2. The molecule has 0 spiro atoms. The van der Waals surface area contributed by atoms with E-state index < -0.39 is 0 Å². The molecule has 0 saturated heterocycles. The molecule has 1 aromatic heterocycles. The van der Waals surface area contributed by atoms with Crippen LogP contribution in [-0.2, 0) is 4.79 Å². The normalized spacial score (nSPS) is 9.92. The minimum Gasteiger partial charge on any atom is -0.273 e. The number of hydrogen-bond acceptors (Lipinski definition) is 3. The predicted molar refractivity (Wildman–Crippen MR) is 48.5 cm³/mol. The van der Waals surface area contributed by atoms with E-state index in [1.807, 2.05) is 0 Å². The van der Waals surface area contributed by atoms with E-state index in [-0.39, 0.29) is 5.91 Å². The second-order valence-electron chi connectivity index (χ2n) is 2.84. The molecule has 0 bridgehead atoms. The first kappa shape index (κ1) is 9.70. The molecule has 1 N–H and O–H groups in total. The number of carbonyl (C=O) groups excluding carboxylic acids is 1. The van der Waals surface area contributed by atoms with Gasteiger partial charge in [0.2, 0.25) is 5.91 Å². The summed E-state index contributed by atoms with van der Waals surface area (Å²) in [5, 5.41) is 7.19. The number of rotatable bonds is 5. The van der Waals surface area contributed by atoms with E-state index in [1.165, 1.54) is 11.0 Å². The molecule has 5 heteroatoms. The Morgan fingerprint density at radius 3 is 3.00 bits per heavy atom. The first-order valence-corrected chi connectivity index (χ1v) is 4.49. The van der Waals surface area contributed by atoms with Crippen LogP contribution in [0.2, 0.25) is 0 Å². The monoisotopic (exact) mass is 182 g/mol. The highest BCUT2D eigenvalue weighted by Gasteiger charge is 2.00. The zero-order chi connectivity index (χ0) is 9.52. The first-order chi connectivity index (χ1) is 6.33. The smallest absolute Gasteiger partial charge is 0.240 e. The summed E-state index contributed by atoms with van der Waals surface area (Å²) in [5.74, 6) is -0.0149. The molecule has 0 aliphatic rings. The van der Waals surface area contributed by atoms with Gasteiger partial charge in [0.05, 0.1) is 12.4 Å². The van der Waals surface area contributed by atoms with Crippen LogP contribution in [-0.4, -0.2) is 21.0 Å². The highest BCUT2D eigenvalue weighted by Crippen LogP contribution is 1.98. The number of carbonyl (C=O) groups is 1. The summed E-state index contributed by atoms with van der Waals surface area (Å²) in [6.45, 7) is 2.11. The fourth-order valence-corrected chi connectivity index (χ4v) is 0.987. The molecular weight excluding hydrogens is 168 g/mol. The summed E-state index contributed by atoms with van der Waals surface area (Å²) in [4.78, 5) is 12.5. The second kappa shape index (κ2) is 5.29. The van der Waals surface area contributed by atoms with Gasteiger partial charge >= 0.3 is 0 Å². The van der Waals surface area contributed by atoms with Crippen LogP contribution in [0.5, 0.6) is 0 Å². The van der Waals surface area contributed by atoms with Crippen LogP contribution in [0, 0.1) is 0 Å². The molecule has 0 aliphatic carbocycles. The van der Waals surface area contributed by atoms with Crippen LogP contribution in [0.1, 0.15) is 32.6 Å². The Kier molecular flexibility index (Phi) is 3.95. The van der Waals surface area contributed by atoms with Crippen molar-refractivity contribution in [2.45, 2.75) is 32.6 Å². The molecule has 0 radical (unpaired) electrons. The average molecular weight is 182 g/mol. The van der Waals surface area contributed by atoms with E-state index in [4.69, 9.17) is 0 Å². The highest BCUT2D eigenvalue weighted by molar-refractivity contribution is 5.83. The fraction of sp³-hybridized carbons (Fsp3) is 0.625. The van der Waals surface area contributed by atoms with Gasteiger partial charge in [0, 0.05) is 6.42 Å². The Hall–Kier alpha value is -1.39. The van der Waals surface area contributed by atoms with Crippen LogP contribution in [0.3, 0.4) is 0 Å². The Morgan fingerprint density at radius 2 is 2.38 bits per heavy atom. The summed E-state index contributed by atoms with van der Waals surface area (Å²) in [6.07, 6.45) is 6.80. The third kappa shape index (κ3) is 3.68. The molecule has 0 aromatic carbocycles. The van der Waals surface area contributed by atoms with Gasteiger partial charge in [-0.05, 0) is 11.6 Å². The average Bonchev–Trinajstić information content (AvgIpc) is 2.57. The quantitative estimate of drug-likeness (QED) is 0.689. The van der Waals surface area contributed by atoms with Crippen molar-refractivity contribution in [3.63, 3.8) is 0 Å². The van der Waals surface area contributed by atoms with E-state index in [2.05, 4.69) is 22.7 Å². The van der Waals surface area contributed by atoms with Crippen LogP contribution in [0.4, 0.5) is 0 Å². The van der Waals surface area contributed by atoms with E-state index in [1.54, 1.807) is 6.20 Å². The zero-order valence-electron chi connectivity index (χ0n) is 7.73. The molecule has 13 heavy (non-hydrogen) atoms. The molecule has 1 aromatic rings. The van der Waals surface area contributed by atoms with Crippen molar-refractivity contribution in [3.8, 4) is 0 Å². The lowest BCUT2D eigenvalue weighted by atomic mass is 10.2. The van der Waals surface area contributed by atoms with Gasteiger partial charge < -0.3 is 0 Å². The van der Waals surface area contributed by atoms with Gasteiger partial charge in [-0.2, -0.15) is 4.79 Å². The lowest BCUT2D eigenvalue weighted by Crippen LogP contribution is -2.22. The summed E-state index contributed by atoms with van der Waals surface area (Å²) in [5.41, 5.74) is 2.58. The summed E-state index contributed by atoms with van der Waals surface area (Å²) in [6, 6.07) is 0. The van der Waals surface area contributed by atoms with Crippen LogP contribution < -0.4 is 5.43 Å². The Balaban J connectivity index is 2.18. The van der Waals surface area contributed by atoms with Gasteiger partial charge in [0.25, 0.3) is 0 Å². The van der Waals surface area contributed by atoms with Crippen LogP contribution in [0.15, 0.2) is 12.4 Å². The molecule has 72 valence electrons. The van der Waals surface area contributed by atoms with Gasteiger partial charge in [-0.25, -0.2) is 5.43 Å². The van der Waals surface area contributed by atoms with Crippen LogP contribution in [0.25, 0.3) is 0 Å². The third-order valence-electron chi connectivity index (χ3n) is 1.67. The van der Waals surface area contributed by atoms with E-state index in [9.17, 15) is 4.79 Å². The van der Waals surface area contributed by atoms with Crippen molar-refractivity contribution in [2.24, 2.45) is 0 Å². The molecule has 1 heterocycles. The number of hydrogen-bond donors (Lipinski definition) is 1. The minimum absolute atomic E-state index is 0.0149. The number of amides is 1. The number of nitrogens with zero attached hydrogens (tertiary/aromatic N) is 3. The molecule has 5 nitrogen and oxygen atoms in total. The summed E-state index contributed by atoms with van der Waals surface area (Å²) >= 11 is 0. The lowest BCUT2D eigenvalue weighted by Gasteiger charge is -2.02. The SMILES string of the molecule is CCCCCC(=O)Nn1ccnn1. The molecule has 0 saturated carbocycles. The standard InChI is InChI=1S/C8H14N4O/c1-2-3-4-5-8(13)10-12-7-6-9-11-12/h6-7H,2-5H2,1H3,(H,10,13). The van der Waals surface area contributed by atoms with E-state index in [0.717, 1.165) is 19.3 Å². The largest absolute Gasteiger partial charge is 0.273 e. The van der Waals surface area contributed by atoms with Gasteiger partial charge in [-0.3, -0.25) is 4.79 Å². The van der Waals surface area contributed by atoms with Crippen molar-refractivity contribution in [1.82, 2.24) is 15.1 Å². The van der Waals surface area contributed by atoms with Crippen molar-refractivity contribution in [2.75, 3.05) is 5.43 Å². The number of nitrogens with one attached hydrogen (secondary N) is 1. The van der Waals surface area contributed by atoms with Crippen molar-refractivity contribution < 1.29 is 4.79 Å². The van der Waals surface area contributed by atoms with Crippen molar-refractivity contribution in [1.29, 1.82) is 0 Å². The van der Waals surface area contributed by atoms with Gasteiger partial charge in [-0.1, -0.05) is 19.8 Å². The minimum atomic E-state index is -0.0149. The maximum Gasteiger partial charge on any atom is 0.240 e. The highest BCUT2D eigenvalue weighted by atomic mass is 16.2. The molecule has 1 amide bonds. The van der Waals surface area contributed by atoms with Gasteiger partial charge in [0.1, 0.15) is 0 Å². The predicted octanol–water partition coefficient (Wildman–Crippen LogP) is 0.928. The molecule has 0 fully saturated rings. The van der Waals surface area contributed by atoms with Crippen LogP contribution >= 0.6 is 0 Å². The van der Waals surface area contributed by atoms with Gasteiger partial charge in [-0.15, -0.1) is 5.10 Å². The van der Waals surface area contributed by atoms with Gasteiger partial charge in [0.15, 0.2) is 0 Å². The topological polar surface area (TPSA) is 59.8 Å². The molecule has 0 atom stereocenters. The van der Waals surface area contributed by atoms with E-state index in [0.29, 0.717) is 6.42 Å². The summed E-state index contributed by atoms with van der Waals surface area (Å²) in [7, 11) is 0. The van der Waals surface area contributed by atoms with E-state index >= 15 is 0 Å². The number of aromatic nitrogens is 3. The molecular formula is C8H14N4O. The Labute approximate surface area is 77.1 Å². The Bertz CT molecular complexity index is 245. The summed E-state index contributed by atoms with van der Waals surface area (Å²) < 4.78 is 0. The molecule has 0 unspecified atom stereocenters. The maximum absolute atomic E-state index is 11.2. The molecule has 1 rings (SSSR count). The van der Waals surface area contributed by atoms with Crippen molar-refractivity contribution in [3.05, 3.63) is 12.4 Å². The fourth-order valence-electron chi connectivity index (χ4n) is 0.987. The first-order valence-electron chi connectivity index (χ1n) is 4.49. The van der Waals surface area contributed by atoms with Crippen molar-refractivity contribution >= 4 is 5.91 Å².